The van der Waals surface area contributed by atoms with Gasteiger partial charge in [0.15, 0.2) is 22.8 Å². The molecule has 1 N–H and O–H groups in total. The first-order chi connectivity index (χ1) is 18.4. The summed E-state index contributed by atoms with van der Waals surface area (Å²) < 4.78 is 27.6. The Kier molecular flexibility index (Phi) is 9.08. The Bertz CT molecular complexity index is 1310. The minimum atomic E-state index is -0.438. The summed E-state index contributed by atoms with van der Waals surface area (Å²) in [6.07, 6.45) is 1.82. The number of methoxy groups -OCH3 is 5. The second-order valence-corrected chi connectivity index (χ2v) is 9.09. The first-order valence-electron chi connectivity index (χ1n) is 12.2. The van der Waals surface area contributed by atoms with Gasteiger partial charge >= 0.3 is 0 Å². The Morgan fingerprint density at radius 2 is 1.74 bits per heavy atom. The van der Waals surface area contributed by atoms with Crippen molar-refractivity contribution in [3.63, 3.8) is 0 Å². The monoisotopic (exact) mass is 548 g/mol. The lowest BCUT2D eigenvalue weighted by Crippen LogP contribution is -2.38. The summed E-state index contributed by atoms with van der Waals surface area (Å²) in [5.74, 6) is 2.47. The second-order valence-electron chi connectivity index (χ2n) is 8.73. The van der Waals surface area contributed by atoms with E-state index in [1.54, 1.807) is 35.5 Å². The Balaban J connectivity index is 1.82. The van der Waals surface area contributed by atoms with Crippen LogP contribution in [0.25, 0.3) is 11.0 Å². The van der Waals surface area contributed by atoms with Crippen molar-refractivity contribution in [3.05, 3.63) is 33.3 Å². The molecule has 1 aliphatic rings. The highest BCUT2D eigenvalue weighted by Crippen LogP contribution is 2.40. The molecule has 0 radical (unpaired) electrons. The molecule has 0 atom stereocenters. The largest absolute Gasteiger partial charge is 0.493 e. The van der Waals surface area contributed by atoms with E-state index in [1.807, 2.05) is 17.0 Å². The number of nitrogens with zero attached hydrogens (tertiary/aromatic N) is 5. The number of aromatic nitrogens is 4. The maximum absolute atomic E-state index is 12.9. The molecule has 0 bridgehead atoms. The minimum absolute atomic E-state index is 0.0156. The average Bonchev–Trinajstić information content (AvgIpc) is 2.94. The van der Waals surface area contributed by atoms with Crippen LogP contribution in [0.4, 0.5) is 11.8 Å². The lowest BCUT2D eigenvalue weighted by Gasteiger charge is -2.33. The van der Waals surface area contributed by atoms with Crippen molar-refractivity contribution in [2.45, 2.75) is 25.5 Å². The van der Waals surface area contributed by atoms with Crippen LogP contribution < -0.4 is 29.6 Å². The van der Waals surface area contributed by atoms with Crippen molar-refractivity contribution in [2.24, 2.45) is 0 Å². The van der Waals surface area contributed by atoms with Crippen molar-refractivity contribution < 1.29 is 23.7 Å². The third-order valence-corrected chi connectivity index (χ3v) is 6.74. The highest BCUT2D eigenvalue weighted by Gasteiger charge is 2.26. The molecule has 0 unspecified atom stereocenters. The van der Waals surface area contributed by atoms with E-state index in [2.05, 4.69) is 19.9 Å². The van der Waals surface area contributed by atoms with E-state index >= 15 is 0 Å². The molecular weight excluding hydrogens is 516 g/mol. The van der Waals surface area contributed by atoms with E-state index in [0.29, 0.717) is 67.3 Å². The SMILES string of the molecule is COCCN(Cc1ccc(OC)c(OC)c1OC)c1nc(N2CCC(OC)CC2)c2nc(Cl)[nH]c(=O)c2n1. The van der Waals surface area contributed by atoms with Gasteiger partial charge in [-0.05, 0) is 36.6 Å². The van der Waals surface area contributed by atoms with Gasteiger partial charge in [0.2, 0.25) is 17.0 Å². The smallest absolute Gasteiger partial charge is 0.278 e. The van der Waals surface area contributed by atoms with Crippen LogP contribution in [0.3, 0.4) is 0 Å². The third-order valence-electron chi connectivity index (χ3n) is 6.57. The number of rotatable bonds is 11. The van der Waals surface area contributed by atoms with Gasteiger partial charge in [-0.1, -0.05) is 0 Å². The molecule has 206 valence electrons. The average molecular weight is 549 g/mol. The maximum Gasteiger partial charge on any atom is 0.278 e. The van der Waals surface area contributed by atoms with Crippen molar-refractivity contribution in [2.75, 3.05) is 71.6 Å². The van der Waals surface area contributed by atoms with Crippen LogP contribution in [0.2, 0.25) is 5.28 Å². The lowest BCUT2D eigenvalue weighted by molar-refractivity contribution is 0.0818. The molecule has 0 amide bonds. The second kappa shape index (κ2) is 12.5. The van der Waals surface area contributed by atoms with Gasteiger partial charge in [0, 0.05) is 46.0 Å². The summed E-state index contributed by atoms with van der Waals surface area (Å²) >= 11 is 6.12. The molecule has 1 fully saturated rings. The third kappa shape index (κ3) is 5.71. The minimum Gasteiger partial charge on any atom is -0.493 e. The summed E-state index contributed by atoms with van der Waals surface area (Å²) in [4.78, 5) is 33.4. The Labute approximate surface area is 225 Å². The quantitative estimate of drug-likeness (QED) is 0.355. The van der Waals surface area contributed by atoms with E-state index in [0.717, 1.165) is 18.4 Å². The molecule has 2 aromatic heterocycles. The van der Waals surface area contributed by atoms with Gasteiger partial charge in [-0.2, -0.15) is 4.98 Å². The molecule has 0 aliphatic carbocycles. The van der Waals surface area contributed by atoms with Crippen LogP contribution >= 0.6 is 11.6 Å². The number of halogens is 1. The lowest BCUT2D eigenvalue weighted by atomic mass is 10.1. The van der Waals surface area contributed by atoms with E-state index in [4.69, 9.17) is 40.3 Å². The highest BCUT2D eigenvalue weighted by molar-refractivity contribution is 6.28. The molecule has 0 saturated carbocycles. The van der Waals surface area contributed by atoms with Gasteiger partial charge in [-0.25, -0.2) is 9.97 Å². The number of H-pyrrole nitrogens is 1. The Hall–Kier alpha value is -3.35. The molecule has 38 heavy (non-hydrogen) atoms. The molecule has 3 aromatic rings. The maximum atomic E-state index is 12.9. The number of anilines is 2. The first kappa shape index (κ1) is 27.7. The van der Waals surface area contributed by atoms with Crippen molar-refractivity contribution in [3.8, 4) is 17.2 Å². The summed E-state index contributed by atoms with van der Waals surface area (Å²) in [7, 11) is 8.04. The van der Waals surface area contributed by atoms with Gasteiger partial charge in [-0.15, -0.1) is 0 Å². The van der Waals surface area contributed by atoms with Crippen molar-refractivity contribution in [1.29, 1.82) is 0 Å². The Morgan fingerprint density at radius 3 is 2.37 bits per heavy atom. The van der Waals surface area contributed by atoms with E-state index < -0.39 is 5.56 Å². The highest BCUT2D eigenvalue weighted by atomic mass is 35.5. The van der Waals surface area contributed by atoms with Crippen LogP contribution in [0.15, 0.2) is 16.9 Å². The molecule has 3 heterocycles. The molecular formula is C25H33ClN6O6. The van der Waals surface area contributed by atoms with Gasteiger partial charge in [0.05, 0.1) is 34.0 Å². The number of aromatic amines is 1. The molecule has 1 aliphatic heterocycles. The summed E-state index contributed by atoms with van der Waals surface area (Å²) in [6.45, 7) is 2.59. The van der Waals surface area contributed by atoms with E-state index in [9.17, 15) is 4.79 Å². The van der Waals surface area contributed by atoms with Crippen LogP contribution in [-0.4, -0.2) is 87.8 Å². The number of fused-ring (bicyclic) bond motifs is 1. The first-order valence-corrected chi connectivity index (χ1v) is 12.6. The fourth-order valence-electron chi connectivity index (χ4n) is 4.58. The zero-order valence-electron chi connectivity index (χ0n) is 22.2. The van der Waals surface area contributed by atoms with Crippen molar-refractivity contribution >= 4 is 34.4 Å². The number of piperidine rings is 1. The predicted molar refractivity (Wildman–Crippen MR) is 144 cm³/mol. The molecule has 1 aromatic carbocycles. The number of hydrogen-bond donors (Lipinski definition) is 1. The molecule has 4 rings (SSSR count). The number of ether oxygens (including phenoxy) is 5. The zero-order chi connectivity index (χ0) is 27.2. The summed E-state index contributed by atoms with van der Waals surface area (Å²) in [6, 6.07) is 3.71. The van der Waals surface area contributed by atoms with Crippen LogP contribution in [0.1, 0.15) is 18.4 Å². The fourth-order valence-corrected chi connectivity index (χ4v) is 4.75. The van der Waals surface area contributed by atoms with Gasteiger partial charge in [0.25, 0.3) is 5.56 Å². The van der Waals surface area contributed by atoms with E-state index in [1.165, 1.54) is 0 Å². The molecule has 12 nitrogen and oxygen atoms in total. The standard InChI is InChI=1S/C25H33ClN6O6/c1-34-13-12-32(14-15-6-7-17(36-3)21(38-5)20(15)37-4)25-28-19-18(27-24(26)30-23(19)33)22(29-25)31-10-8-16(35-2)9-11-31/h6-7,16H,8-14H2,1-5H3,(H,27,30,33). The number of hydrogen-bond acceptors (Lipinski definition) is 11. The topological polar surface area (TPSA) is 124 Å². The van der Waals surface area contributed by atoms with Gasteiger partial charge in [-0.3, -0.25) is 9.78 Å². The molecule has 13 heteroatoms. The fraction of sp³-hybridized carbons (Fsp3) is 0.520. The number of benzene rings is 1. The van der Waals surface area contributed by atoms with Crippen LogP contribution in [-0.2, 0) is 16.0 Å². The van der Waals surface area contributed by atoms with Gasteiger partial charge < -0.3 is 33.5 Å². The molecule has 0 spiro atoms. The van der Waals surface area contributed by atoms with Crippen molar-refractivity contribution in [1.82, 2.24) is 19.9 Å². The predicted octanol–water partition coefficient (Wildman–Crippen LogP) is 2.66. The zero-order valence-corrected chi connectivity index (χ0v) is 23.0. The summed E-state index contributed by atoms with van der Waals surface area (Å²) in [5.41, 5.74) is 0.890. The Morgan fingerprint density at radius 1 is 1.00 bits per heavy atom. The van der Waals surface area contributed by atoms with Gasteiger partial charge in [0.1, 0.15) is 5.52 Å². The van der Waals surface area contributed by atoms with Crippen LogP contribution in [0.5, 0.6) is 17.2 Å². The number of nitrogens with one attached hydrogen (secondary N) is 1. The van der Waals surface area contributed by atoms with E-state index in [-0.39, 0.29) is 16.9 Å². The molecule has 1 saturated heterocycles. The summed E-state index contributed by atoms with van der Waals surface area (Å²) in [5, 5.41) is -0.0156. The normalized spacial score (nSPS) is 14.1. The van der Waals surface area contributed by atoms with Crippen LogP contribution in [0, 0.1) is 0 Å².